The molecule has 7 N–H and O–H groups in total. The van der Waals surface area contributed by atoms with Crippen LogP contribution in [0.2, 0.25) is 0 Å². The first kappa shape index (κ1) is 36.5. The lowest BCUT2D eigenvalue weighted by molar-refractivity contribution is -0.144. The number of carbonyl (C=O) groups is 6. The highest BCUT2D eigenvalue weighted by Gasteiger charge is 2.39. The van der Waals surface area contributed by atoms with Crippen molar-refractivity contribution in [3.05, 3.63) is 0 Å². The lowest BCUT2D eigenvalue weighted by Gasteiger charge is -2.31. The molecule has 13 nitrogen and oxygen atoms in total. The van der Waals surface area contributed by atoms with Crippen molar-refractivity contribution >= 4 is 59.0 Å². The predicted octanol–water partition coefficient (Wildman–Crippen LogP) is -0.468. The van der Waals surface area contributed by atoms with Crippen LogP contribution in [0.3, 0.4) is 0 Å². The van der Waals surface area contributed by atoms with Crippen molar-refractivity contribution in [2.45, 2.75) is 83.1 Å². The average molecular weight is 619 g/mol. The maximum Gasteiger partial charge on any atom is 0.326 e. The van der Waals surface area contributed by atoms with Crippen LogP contribution < -0.4 is 27.0 Å². The summed E-state index contributed by atoms with van der Waals surface area (Å²) < 4.78 is 0. The van der Waals surface area contributed by atoms with Gasteiger partial charge in [-0.2, -0.15) is 23.5 Å². The molecular weight excluding hydrogens is 572 g/mol. The zero-order valence-electron chi connectivity index (χ0n) is 24.6. The number of nitrogens with one attached hydrogen (secondary N) is 4. The second-order valence-electron chi connectivity index (χ2n) is 10.1. The smallest absolute Gasteiger partial charge is 0.326 e. The lowest BCUT2D eigenvalue weighted by Crippen LogP contribution is -2.59. The molecule has 41 heavy (non-hydrogen) atoms. The van der Waals surface area contributed by atoms with Crippen LogP contribution in [0.4, 0.5) is 0 Å². The van der Waals surface area contributed by atoms with Crippen LogP contribution in [0.5, 0.6) is 0 Å². The quantitative estimate of drug-likeness (QED) is 0.117. The second-order valence-corrected chi connectivity index (χ2v) is 12.0. The Balaban J connectivity index is 2.95. The van der Waals surface area contributed by atoms with Crippen molar-refractivity contribution < 1.29 is 33.9 Å². The molecule has 5 amide bonds. The SMILES string of the molecule is CC[C@H](C)[C@H](NC(=O)[C@@H]1CCCN1C(=O)[C@H](C)NC(=O)[C@H](CCSC)NC(=O)CN)C(=O)N[C@@H](CCSC)C(=O)O. The first-order chi connectivity index (χ1) is 19.4. The molecule has 0 saturated carbocycles. The number of carboxylic acids is 1. The standard InChI is InChI=1S/C26H46N6O7S2/c1-6-15(2)21(24(36)30-18(26(38)39)10-13-41-5)31-23(35)19-8-7-11-32(19)25(37)16(3)28-22(34)17(9-12-40-4)29-20(33)14-27/h15-19,21H,6-14,27H2,1-5H3,(H,28,34)(H,29,33)(H,30,36)(H,31,35)(H,38,39)/t15-,16-,17-,18-,19-,21-/m0/s1. The molecule has 15 heteroatoms. The fourth-order valence-electron chi connectivity index (χ4n) is 4.39. The van der Waals surface area contributed by atoms with Gasteiger partial charge in [-0.3, -0.25) is 24.0 Å². The van der Waals surface area contributed by atoms with E-state index in [1.54, 1.807) is 6.92 Å². The molecule has 1 rings (SSSR count). The zero-order valence-corrected chi connectivity index (χ0v) is 26.2. The summed E-state index contributed by atoms with van der Waals surface area (Å²) in [4.78, 5) is 77.4. The van der Waals surface area contributed by atoms with E-state index in [0.717, 1.165) is 0 Å². The van der Waals surface area contributed by atoms with Gasteiger partial charge in [0, 0.05) is 6.54 Å². The lowest BCUT2D eigenvalue weighted by atomic mass is 9.97. The van der Waals surface area contributed by atoms with Gasteiger partial charge in [-0.05, 0) is 62.5 Å². The van der Waals surface area contributed by atoms with Crippen molar-refractivity contribution in [1.29, 1.82) is 0 Å². The topological polar surface area (TPSA) is 200 Å². The van der Waals surface area contributed by atoms with E-state index in [0.29, 0.717) is 43.7 Å². The Morgan fingerprint density at radius 2 is 1.54 bits per heavy atom. The third-order valence-electron chi connectivity index (χ3n) is 7.03. The van der Waals surface area contributed by atoms with Crippen LogP contribution in [0.1, 0.15) is 52.9 Å². The number of carbonyl (C=O) groups excluding carboxylic acids is 5. The van der Waals surface area contributed by atoms with E-state index >= 15 is 0 Å². The first-order valence-corrected chi connectivity index (χ1v) is 16.6. The van der Waals surface area contributed by atoms with Crippen molar-refractivity contribution in [2.24, 2.45) is 11.7 Å². The van der Waals surface area contributed by atoms with E-state index in [1.165, 1.54) is 35.3 Å². The fourth-order valence-corrected chi connectivity index (χ4v) is 5.33. The summed E-state index contributed by atoms with van der Waals surface area (Å²) in [6.07, 6.45) is 5.80. The minimum atomic E-state index is -1.15. The first-order valence-electron chi connectivity index (χ1n) is 13.8. The highest BCUT2D eigenvalue weighted by molar-refractivity contribution is 7.98. The normalized spacial score (nSPS) is 18.4. The monoisotopic (exact) mass is 618 g/mol. The number of nitrogens with zero attached hydrogens (tertiary/aromatic N) is 1. The van der Waals surface area contributed by atoms with E-state index < -0.39 is 65.7 Å². The summed E-state index contributed by atoms with van der Waals surface area (Å²) in [5.74, 6) is -2.86. The van der Waals surface area contributed by atoms with Crippen LogP contribution >= 0.6 is 23.5 Å². The maximum absolute atomic E-state index is 13.4. The Kier molecular flexibility index (Phi) is 16.8. The van der Waals surface area contributed by atoms with Gasteiger partial charge < -0.3 is 37.0 Å². The van der Waals surface area contributed by atoms with Crippen molar-refractivity contribution in [3.63, 3.8) is 0 Å². The Morgan fingerprint density at radius 3 is 2.07 bits per heavy atom. The van der Waals surface area contributed by atoms with E-state index in [1.807, 2.05) is 19.4 Å². The molecule has 0 aromatic heterocycles. The molecule has 1 aliphatic heterocycles. The van der Waals surface area contributed by atoms with Gasteiger partial charge in [0.2, 0.25) is 29.5 Å². The van der Waals surface area contributed by atoms with E-state index in [4.69, 9.17) is 5.73 Å². The molecule has 1 aliphatic rings. The molecule has 1 saturated heterocycles. The Morgan fingerprint density at radius 1 is 0.927 bits per heavy atom. The summed E-state index contributed by atoms with van der Waals surface area (Å²) >= 11 is 2.97. The second kappa shape index (κ2) is 18.8. The van der Waals surface area contributed by atoms with Crippen LogP contribution in [-0.4, -0.2) is 113 Å². The third-order valence-corrected chi connectivity index (χ3v) is 8.32. The summed E-state index contributed by atoms with van der Waals surface area (Å²) in [7, 11) is 0. The summed E-state index contributed by atoms with van der Waals surface area (Å²) in [6.45, 7) is 5.19. The van der Waals surface area contributed by atoms with E-state index in [-0.39, 0.29) is 18.9 Å². The van der Waals surface area contributed by atoms with Gasteiger partial charge in [0.15, 0.2) is 0 Å². The fraction of sp³-hybridized carbons (Fsp3) is 0.769. The molecule has 0 spiro atoms. The largest absolute Gasteiger partial charge is 0.480 e. The number of hydrogen-bond acceptors (Lipinski definition) is 9. The van der Waals surface area contributed by atoms with Crippen LogP contribution in [0.25, 0.3) is 0 Å². The molecule has 1 heterocycles. The van der Waals surface area contributed by atoms with Gasteiger partial charge in [0.1, 0.15) is 30.2 Å². The van der Waals surface area contributed by atoms with E-state index in [9.17, 15) is 33.9 Å². The maximum atomic E-state index is 13.4. The number of rotatable bonds is 18. The molecule has 0 bridgehead atoms. The molecule has 6 atom stereocenters. The Labute approximate surface area is 250 Å². The van der Waals surface area contributed by atoms with Crippen LogP contribution in [-0.2, 0) is 28.8 Å². The molecule has 234 valence electrons. The number of hydrogen-bond donors (Lipinski definition) is 6. The van der Waals surface area contributed by atoms with Gasteiger partial charge in [-0.15, -0.1) is 0 Å². The molecule has 0 aliphatic carbocycles. The molecule has 1 fully saturated rings. The highest BCUT2D eigenvalue weighted by atomic mass is 32.2. The van der Waals surface area contributed by atoms with Gasteiger partial charge in [-0.1, -0.05) is 20.3 Å². The Hall–Kier alpha value is -2.52. The number of aliphatic carboxylic acids is 1. The van der Waals surface area contributed by atoms with Crippen LogP contribution in [0.15, 0.2) is 0 Å². The number of carboxylic acid groups (broad SMARTS) is 1. The van der Waals surface area contributed by atoms with Crippen molar-refractivity contribution in [3.8, 4) is 0 Å². The molecule has 0 aromatic carbocycles. The number of amides is 5. The summed E-state index contributed by atoms with van der Waals surface area (Å²) in [5.41, 5.74) is 5.36. The van der Waals surface area contributed by atoms with Crippen LogP contribution in [0, 0.1) is 5.92 Å². The van der Waals surface area contributed by atoms with Gasteiger partial charge in [0.25, 0.3) is 0 Å². The van der Waals surface area contributed by atoms with Crippen molar-refractivity contribution in [1.82, 2.24) is 26.2 Å². The van der Waals surface area contributed by atoms with Gasteiger partial charge in [-0.25, -0.2) is 4.79 Å². The molecule has 0 unspecified atom stereocenters. The Bertz CT molecular complexity index is 925. The van der Waals surface area contributed by atoms with Crippen molar-refractivity contribution in [2.75, 3.05) is 37.1 Å². The third kappa shape index (κ3) is 11.7. The molecule has 0 aromatic rings. The van der Waals surface area contributed by atoms with Gasteiger partial charge >= 0.3 is 5.97 Å². The molecule has 0 radical (unpaired) electrons. The predicted molar refractivity (Wildman–Crippen MR) is 160 cm³/mol. The van der Waals surface area contributed by atoms with E-state index in [2.05, 4.69) is 21.3 Å². The highest BCUT2D eigenvalue weighted by Crippen LogP contribution is 2.20. The zero-order chi connectivity index (χ0) is 31.1. The molecular formula is C26H46N6O7S2. The minimum absolute atomic E-state index is 0.242. The number of thioether (sulfide) groups is 2. The minimum Gasteiger partial charge on any atom is -0.480 e. The van der Waals surface area contributed by atoms with Gasteiger partial charge in [0.05, 0.1) is 6.54 Å². The number of nitrogens with two attached hydrogens (primary N) is 1. The number of likely N-dealkylation sites (tertiary alicyclic amines) is 1. The summed E-state index contributed by atoms with van der Waals surface area (Å²) in [6, 6.07) is -4.74. The average Bonchev–Trinajstić information content (AvgIpc) is 3.44. The summed E-state index contributed by atoms with van der Waals surface area (Å²) in [5, 5.41) is 20.0.